The zero-order valence-corrected chi connectivity index (χ0v) is 19.3. The number of carbonyl (C=O) groups is 2. The molecule has 2 saturated heterocycles. The normalized spacial score (nSPS) is 25.4. The van der Waals surface area contributed by atoms with E-state index in [1.165, 1.54) is 38.5 Å². The van der Waals surface area contributed by atoms with Crippen LogP contribution in [0.5, 0.6) is 5.75 Å². The molecule has 0 aromatic heterocycles. The topological polar surface area (TPSA) is 100 Å². The van der Waals surface area contributed by atoms with E-state index >= 15 is 0 Å². The summed E-state index contributed by atoms with van der Waals surface area (Å²) < 4.78 is 6.12. The van der Waals surface area contributed by atoms with E-state index < -0.39 is 0 Å². The van der Waals surface area contributed by atoms with Gasteiger partial charge in [0.1, 0.15) is 12.3 Å². The molecule has 8 nitrogen and oxygen atoms in total. The average Bonchev–Trinajstić information content (AvgIpc) is 3.18. The maximum Gasteiger partial charge on any atom is 0.246 e. The number of fused-ring (bicyclic) bond motifs is 3. The first-order valence-corrected chi connectivity index (χ1v) is 12.5. The number of guanidine groups is 1. The van der Waals surface area contributed by atoms with E-state index in [0.717, 1.165) is 48.7 Å². The Hall–Kier alpha value is -2.61. The van der Waals surface area contributed by atoms with E-state index in [1.807, 2.05) is 23.1 Å². The van der Waals surface area contributed by atoms with Crippen LogP contribution in [0.1, 0.15) is 63.4 Å². The first kappa shape index (κ1) is 22.2. The van der Waals surface area contributed by atoms with Gasteiger partial charge in [-0.1, -0.05) is 18.9 Å². The molecule has 0 bridgehead atoms. The molecule has 1 aromatic rings. The van der Waals surface area contributed by atoms with Gasteiger partial charge in [0.05, 0.1) is 24.9 Å². The van der Waals surface area contributed by atoms with Crippen molar-refractivity contribution in [3.63, 3.8) is 0 Å². The molecule has 1 aliphatic carbocycles. The Bertz CT molecular complexity index is 931. The minimum absolute atomic E-state index is 0.0266. The molecule has 0 radical (unpaired) electrons. The minimum Gasteiger partial charge on any atom is -0.493 e. The first-order valence-electron chi connectivity index (χ1n) is 12.5. The predicted octanol–water partition coefficient (Wildman–Crippen LogP) is 2.68. The summed E-state index contributed by atoms with van der Waals surface area (Å²) in [5.41, 5.74) is 7.73. The second-order valence-electron chi connectivity index (χ2n) is 9.85. The summed E-state index contributed by atoms with van der Waals surface area (Å²) in [5.74, 6) is 1.98. The van der Waals surface area contributed by atoms with Crippen molar-refractivity contribution in [2.75, 3.05) is 19.7 Å². The van der Waals surface area contributed by atoms with Crippen molar-refractivity contribution < 1.29 is 14.3 Å². The van der Waals surface area contributed by atoms with E-state index in [9.17, 15) is 9.59 Å². The van der Waals surface area contributed by atoms with Crippen molar-refractivity contribution in [1.82, 2.24) is 15.1 Å². The third-order valence-electron chi connectivity index (χ3n) is 7.71. The molecule has 1 saturated carbocycles. The first-order chi connectivity index (χ1) is 16.1. The van der Waals surface area contributed by atoms with Gasteiger partial charge in [0, 0.05) is 11.6 Å². The standard InChI is InChI=1S/C25H35N5O3/c26-24(32)21(30-13-6-8-17-7-1-2-10-20(17)30)11-3-4-14-33-22-12-5-9-19-18(22)15-29-16-23(31)28-25(29)27-19/h5,9,12,17,20-21H,1-4,6-8,10-11,13-16H2,(H2,26,32)(H,27,28,31). The third kappa shape index (κ3) is 4.71. The number of hydrogen-bond donors (Lipinski definition) is 2. The monoisotopic (exact) mass is 453 g/mol. The van der Waals surface area contributed by atoms with Crippen LogP contribution < -0.4 is 15.8 Å². The Morgan fingerprint density at radius 2 is 2.03 bits per heavy atom. The van der Waals surface area contributed by atoms with Crippen LogP contribution >= 0.6 is 0 Å². The molecule has 5 rings (SSSR count). The van der Waals surface area contributed by atoms with Crippen LogP contribution in [-0.2, 0) is 16.1 Å². The quantitative estimate of drug-likeness (QED) is 0.590. The molecule has 178 valence electrons. The number of aliphatic imine (C=N–C) groups is 1. The van der Waals surface area contributed by atoms with E-state index in [2.05, 4.69) is 15.2 Å². The fourth-order valence-corrected chi connectivity index (χ4v) is 6.12. The molecule has 3 atom stereocenters. The zero-order chi connectivity index (χ0) is 22.8. The fraction of sp³-hybridized carbons (Fsp3) is 0.640. The number of nitrogens with one attached hydrogen (secondary N) is 1. The van der Waals surface area contributed by atoms with E-state index in [4.69, 9.17) is 10.5 Å². The van der Waals surface area contributed by atoms with Crippen molar-refractivity contribution in [2.45, 2.75) is 76.4 Å². The minimum atomic E-state index is -0.179. The molecule has 8 heteroatoms. The van der Waals surface area contributed by atoms with Gasteiger partial charge in [-0.25, -0.2) is 4.99 Å². The number of nitrogens with zero attached hydrogens (tertiary/aromatic N) is 3. The smallest absolute Gasteiger partial charge is 0.246 e. The Kier molecular flexibility index (Phi) is 6.53. The third-order valence-corrected chi connectivity index (χ3v) is 7.71. The lowest BCUT2D eigenvalue weighted by Gasteiger charge is -2.47. The fourth-order valence-electron chi connectivity index (χ4n) is 6.12. The second-order valence-corrected chi connectivity index (χ2v) is 9.85. The summed E-state index contributed by atoms with van der Waals surface area (Å²) in [6.07, 6.45) is 10.2. The molecule has 2 amide bonds. The highest BCUT2D eigenvalue weighted by Crippen LogP contribution is 2.37. The van der Waals surface area contributed by atoms with E-state index in [0.29, 0.717) is 31.7 Å². The number of amides is 2. The van der Waals surface area contributed by atoms with Crippen molar-refractivity contribution in [3.05, 3.63) is 23.8 Å². The van der Waals surface area contributed by atoms with Gasteiger partial charge < -0.3 is 15.4 Å². The highest BCUT2D eigenvalue weighted by atomic mass is 16.5. The Labute approximate surface area is 195 Å². The summed E-state index contributed by atoms with van der Waals surface area (Å²) in [4.78, 5) is 33.0. The van der Waals surface area contributed by atoms with Crippen molar-refractivity contribution in [3.8, 4) is 5.75 Å². The van der Waals surface area contributed by atoms with Crippen LogP contribution in [0.25, 0.3) is 0 Å². The van der Waals surface area contributed by atoms with Gasteiger partial charge in [0.25, 0.3) is 0 Å². The number of primary amides is 1. The molecule has 1 aromatic carbocycles. The van der Waals surface area contributed by atoms with Crippen LogP contribution in [0.3, 0.4) is 0 Å². The molecule has 3 heterocycles. The van der Waals surface area contributed by atoms with Crippen LogP contribution in [0.4, 0.5) is 5.69 Å². The highest BCUT2D eigenvalue weighted by molar-refractivity contribution is 6.05. The van der Waals surface area contributed by atoms with Crippen LogP contribution in [0, 0.1) is 5.92 Å². The number of piperidine rings is 1. The van der Waals surface area contributed by atoms with Gasteiger partial charge in [-0.05, 0) is 69.5 Å². The van der Waals surface area contributed by atoms with Gasteiger partial charge in [-0.2, -0.15) is 0 Å². The van der Waals surface area contributed by atoms with Gasteiger partial charge in [-0.3, -0.25) is 19.8 Å². The molecule has 3 unspecified atom stereocenters. The van der Waals surface area contributed by atoms with Gasteiger partial charge in [0.15, 0.2) is 0 Å². The Balaban J connectivity index is 1.14. The zero-order valence-electron chi connectivity index (χ0n) is 19.3. The van der Waals surface area contributed by atoms with Gasteiger partial charge >= 0.3 is 0 Å². The Morgan fingerprint density at radius 3 is 2.91 bits per heavy atom. The molecule has 3 aliphatic heterocycles. The molecular formula is C25H35N5O3. The summed E-state index contributed by atoms with van der Waals surface area (Å²) >= 11 is 0. The molecule has 3 fully saturated rings. The highest BCUT2D eigenvalue weighted by Gasteiger charge is 2.38. The SMILES string of the molecule is NC(=O)C(CCCCOc1cccc2c1CN1CC(=O)NC1=N2)N1CCCC2CCCCC21. The summed E-state index contributed by atoms with van der Waals surface area (Å²) in [6.45, 7) is 2.53. The number of benzene rings is 1. The number of rotatable bonds is 8. The maximum atomic E-state index is 12.3. The van der Waals surface area contributed by atoms with Gasteiger partial charge in [0.2, 0.25) is 17.8 Å². The van der Waals surface area contributed by atoms with Crippen LogP contribution in [0.2, 0.25) is 0 Å². The van der Waals surface area contributed by atoms with Crippen molar-refractivity contribution in [2.24, 2.45) is 16.6 Å². The van der Waals surface area contributed by atoms with Crippen molar-refractivity contribution in [1.29, 1.82) is 0 Å². The lowest BCUT2D eigenvalue weighted by molar-refractivity contribution is -0.126. The number of hydrogen-bond acceptors (Lipinski definition) is 6. The molecule has 3 N–H and O–H groups in total. The molecule has 0 spiro atoms. The summed E-state index contributed by atoms with van der Waals surface area (Å²) in [5, 5.41) is 2.79. The number of unbranched alkanes of at least 4 members (excludes halogenated alkanes) is 1. The lowest BCUT2D eigenvalue weighted by Crippen LogP contribution is -2.55. The van der Waals surface area contributed by atoms with E-state index in [1.54, 1.807) is 0 Å². The Morgan fingerprint density at radius 1 is 1.18 bits per heavy atom. The molecular weight excluding hydrogens is 418 g/mol. The lowest BCUT2D eigenvalue weighted by atomic mass is 9.77. The predicted molar refractivity (Wildman–Crippen MR) is 126 cm³/mol. The largest absolute Gasteiger partial charge is 0.493 e. The van der Waals surface area contributed by atoms with Crippen LogP contribution in [-0.4, -0.2) is 59.4 Å². The number of nitrogens with two attached hydrogens (primary N) is 1. The summed E-state index contributed by atoms with van der Waals surface area (Å²) in [7, 11) is 0. The molecule has 4 aliphatic rings. The van der Waals surface area contributed by atoms with Crippen LogP contribution in [0.15, 0.2) is 23.2 Å². The van der Waals surface area contributed by atoms with Crippen molar-refractivity contribution >= 4 is 23.5 Å². The maximum absolute atomic E-state index is 12.3. The molecule has 33 heavy (non-hydrogen) atoms. The van der Waals surface area contributed by atoms with E-state index in [-0.39, 0.29) is 17.9 Å². The van der Waals surface area contributed by atoms with Gasteiger partial charge in [-0.15, -0.1) is 0 Å². The number of likely N-dealkylation sites (tertiary alicyclic amines) is 1. The average molecular weight is 454 g/mol. The number of ether oxygens (including phenoxy) is 1. The number of carbonyl (C=O) groups excluding carboxylic acids is 2. The second kappa shape index (κ2) is 9.71. The summed E-state index contributed by atoms with van der Waals surface area (Å²) in [6, 6.07) is 6.23.